The monoisotopic (exact) mass is 268 g/mol. The molecule has 1 aromatic heterocycles. The van der Waals surface area contributed by atoms with Gasteiger partial charge in [0.05, 0.1) is 0 Å². The number of nitrogen functional groups attached to an aromatic ring is 1. The number of halogens is 1. The molecule has 5 heteroatoms. The molecule has 20 heavy (non-hydrogen) atoms. The number of aryl methyl sites for hydroxylation is 1. The molecule has 0 radical (unpaired) electrons. The van der Waals surface area contributed by atoms with Crippen LogP contribution in [-0.2, 0) is 7.05 Å². The summed E-state index contributed by atoms with van der Waals surface area (Å²) in [5.74, 6) is 0.303. The predicted molar refractivity (Wildman–Crippen MR) is 76.2 cm³/mol. The fraction of sp³-hybridized carbons (Fsp3) is 0.0667. The quantitative estimate of drug-likeness (QED) is 0.727. The standard InChI is InChI=1S/C15H13FN4/c1-20-9-18-19-15(20)14-8-11(16)5-6-13(14)10-3-2-4-12(17)7-10/h2-9H,17H2,1H3. The van der Waals surface area contributed by atoms with E-state index in [1.54, 1.807) is 17.0 Å². The van der Waals surface area contributed by atoms with E-state index in [9.17, 15) is 4.39 Å². The molecule has 0 saturated carbocycles. The van der Waals surface area contributed by atoms with E-state index in [0.29, 0.717) is 17.1 Å². The molecule has 100 valence electrons. The summed E-state index contributed by atoms with van der Waals surface area (Å²) in [5.41, 5.74) is 8.96. The van der Waals surface area contributed by atoms with Gasteiger partial charge in [-0.25, -0.2) is 4.39 Å². The Kier molecular flexibility index (Phi) is 2.95. The summed E-state index contributed by atoms with van der Waals surface area (Å²) in [6.45, 7) is 0. The first kappa shape index (κ1) is 12.3. The molecule has 3 rings (SSSR count). The molecule has 0 amide bonds. The molecule has 1 heterocycles. The molecule has 0 aliphatic heterocycles. The lowest BCUT2D eigenvalue weighted by Crippen LogP contribution is -1.95. The highest BCUT2D eigenvalue weighted by molar-refractivity contribution is 5.81. The second kappa shape index (κ2) is 4.77. The Morgan fingerprint density at radius 2 is 1.95 bits per heavy atom. The second-order valence-electron chi connectivity index (χ2n) is 4.58. The van der Waals surface area contributed by atoms with Crippen LogP contribution in [0, 0.1) is 5.82 Å². The lowest BCUT2D eigenvalue weighted by molar-refractivity contribution is 0.628. The fourth-order valence-corrected chi connectivity index (χ4v) is 2.19. The van der Waals surface area contributed by atoms with Gasteiger partial charge in [-0.2, -0.15) is 0 Å². The van der Waals surface area contributed by atoms with Gasteiger partial charge in [0.25, 0.3) is 0 Å². The molecule has 4 nitrogen and oxygen atoms in total. The van der Waals surface area contributed by atoms with Gasteiger partial charge in [-0.1, -0.05) is 18.2 Å². The number of aromatic nitrogens is 3. The number of hydrogen-bond donors (Lipinski definition) is 1. The van der Waals surface area contributed by atoms with E-state index in [0.717, 1.165) is 11.1 Å². The van der Waals surface area contributed by atoms with Crippen LogP contribution in [-0.4, -0.2) is 14.8 Å². The minimum Gasteiger partial charge on any atom is -0.399 e. The van der Waals surface area contributed by atoms with Crippen LogP contribution < -0.4 is 5.73 Å². The molecule has 0 spiro atoms. The maximum absolute atomic E-state index is 13.6. The molecule has 3 aromatic rings. The normalized spacial score (nSPS) is 10.7. The van der Waals surface area contributed by atoms with Crippen molar-refractivity contribution in [3.63, 3.8) is 0 Å². The van der Waals surface area contributed by atoms with Gasteiger partial charge in [0, 0.05) is 18.3 Å². The first-order chi connectivity index (χ1) is 9.65. The van der Waals surface area contributed by atoms with Crippen molar-refractivity contribution in [3.8, 4) is 22.5 Å². The van der Waals surface area contributed by atoms with E-state index < -0.39 is 0 Å². The molecule has 2 N–H and O–H groups in total. The minimum absolute atomic E-state index is 0.310. The summed E-state index contributed by atoms with van der Waals surface area (Å²) in [5, 5.41) is 7.90. The Morgan fingerprint density at radius 3 is 2.65 bits per heavy atom. The Hall–Kier alpha value is -2.69. The van der Waals surface area contributed by atoms with Crippen molar-refractivity contribution in [3.05, 3.63) is 54.6 Å². The van der Waals surface area contributed by atoms with Crippen LogP contribution in [0.4, 0.5) is 10.1 Å². The molecule has 0 bridgehead atoms. The lowest BCUT2D eigenvalue weighted by atomic mass is 9.98. The summed E-state index contributed by atoms with van der Waals surface area (Å²) < 4.78 is 15.3. The van der Waals surface area contributed by atoms with Gasteiger partial charge >= 0.3 is 0 Å². The summed E-state index contributed by atoms with van der Waals surface area (Å²) in [7, 11) is 1.82. The van der Waals surface area contributed by atoms with Crippen LogP contribution in [0.1, 0.15) is 0 Å². The summed E-state index contributed by atoms with van der Waals surface area (Å²) in [6.07, 6.45) is 1.59. The highest BCUT2D eigenvalue weighted by Crippen LogP contribution is 2.32. The Morgan fingerprint density at radius 1 is 1.10 bits per heavy atom. The third-order valence-electron chi connectivity index (χ3n) is 3.13. The molecule has 0 aliphatic carbocycles. The van der Waals surface area contributed by atoms with Gasteiger partial charge in [-0.05, 0) is 35.4 Å². The summed E-state index contributed by atoms with van der Waals surface area (Å²) in [4.78, 5) is 0. The van der Waals surface area contributed by atoms with E-state index in [2.05, 4.69) is 10.2 Å². The van der Waals surface area contributed by atoms with Crippen molar-refractivity contribution in [1.29, 1.82) is 0 Å². The SMILES string of the molecule is Cn1cnnc1-c1cc(F)ccc1-c1cccc(N)c1. The molecule has 0 atom stereocenters. The molecule has 0 saturated heterocycles. The average molecular weight is 268 g/mol. The molecule has 0 aliphatic rings. The smallest absolute Gasteiger partial charge is 0.164 e. The maximum atomic E-state index is 13.6. The first-order valence-electron chi connectivity index (χ1n) is 6.15. The summed E-state index contributed by atoms with van der Waals surface area (Å²) >= 11 is 0. The van der Waals surface area contributed by atoms with E-state index >= 15 is 0 Å². The number of rotatable bonds is 2. The lowest BCUT2D eigenvalue weighted by Gasteiger charge is -2.10. The Bertz CT molecular complexity index is 764. The van der Waals surface area contributed by atoms with Crippen LogP contribution >= 0.6 is 0 Å². The summed E-state index contributed by atoms with van der Waals surface area (Å²) in [6, 6.07) is 12.1. The molecule has 0 unspecified atom stereocenters. The zero-order valence-electron chi connectivity index (χ0n) is 10.9. The zero-order valence-corrected chi connectivity index (χ0v) is 10.9. The van der Waals surface area contributed by atoms with Crippen molar-refractivity contribution >= 4 is 5.69 Å². The average Bonchev–Trinajstić information content (AvgIpc) is 2.85. The van der Waals surface area contributed by atoms with Gasteiger partial charge in [0.2, 0.25) is 0 Å². The third-order valence-corrected chi connectivity index (χ3v) is 3.13. The van der Waals surface area contributed by atoms with Crippen molar-refractivity contribution in [2.75, 3.05) is 5.73 Å². The highest BCUT2D eigenvalue weighted by Gasteiger charge is 2.13. The fourth-order valence-electron chi connectivity index (χ4n) is 2.19. The largest absolute Gasteiger partial charge is 0.399 e. The first-order valence-corrected chi connectivity index (χ1v) is 6.15. The number of hydrogen-bond acceptors (Lipinski definition) is 3. The predicted octanol–water partition coefficient (Wildman–Crippen LogP) is 2.87. The minimum atomic E-state index is -0.310. The number of nitrogens with zero attached hydrogens (tertiary/aromatic N) is 3. The van der Waals surface area contributed by atoms with Gasteiger partial charge in [0.1, 0.15) is 12.1 Å². The number of anilines is 1. The number of nitrogens with two attached hydrogens (primary N) is 1. The van der Waals surface area contributed by atoms with Crippen molar-refractivity contribution < 1.29 is 4.39 Å². The van der Waals surface area contributed by atoms with Crippen LogP contribution in [0.5, 0.6) is 0 Å². The highest BCUT2D eigenvalue weighted by atomic mass is 19.1. The molecule has 0 fully saturated rings. The van der Waals surface area contributed by atoms with E-state index in [1.165, 1.54) is 12.1 Å². The molecular formula is C15H13FN4. The van der Waals surface area contributed by atoms with Gasteiger partial charge in [-0.15, -0.1) is 10.2 Å². The van der Waals surface area contributed by atoms with E-state index in [1.807, 2.05) is 31.3 Å². The van der Waals surface area contributed by atoms with Gasteiger partial charge < -0.3 is 10.3 Å². The Labute approximate surface area is 115 Å². The van der Waals surface area contributed by atoms with Gasteiger partial charge in [0.15, 0.2) is 5.82 Å². The van der Waals surface area contributed by atoms with Crippen molar-refractivity contribution in [2.24, 2.45) is 7.05 Å². The Balaban J connectivity index is 2.24. The topological polar surface area (TPSA) is 56.7 Å². The van der Waals surface area contributed by atoms with Crippen molar-refractivity contribution in [1.82, 2.24) is 14.8 Å². The molecular weight excluding hydrogens is 255 g/mol. The second-order valence-corrected chi connectivity index (χ2v) is 4.58. The van der Waals surface area contributed by atoms with Crippen LogP contribution in [0.3, 0.4) is 0 Å². The van der Waals surface area contributed by atoms with Crippen LogP contribution in [0.15, 0.2) is 48.8 Å². The van der Waals surface area contributed by atoms with Crippen molar-refractivity contribution in [2.45, 2.75) is 0 Å². The molecule has 2 aromatic carbocycles. The zero-order chi connectivity index (χ0) is 14.1. The van der Waals surface area contributed by atoms with Gasteiger partial charge in [-0.3, -0.25) is 0 Å². The van der Waals surface area contributed by atoms with Crippen LogP contribution in [0.2, 0.25) is 0 Å². The van der Waals surface area contributed by atoms with E-state index in [-0.39, 0.29) is 5.82 Å². The van der Waals surface area contributed by atoms with E-state index in [4.69, 9.17) is 5.73 Å². The number of benzene rings is 2. The maximum Gasteiger partial charge on any atom is 0.164 e. The van der Waals surface area contributed by atoms with Crippen LogP contribution in [0.25, 0.3) is 22.5 Å². The third kappa shape index (κ3) is 2.14.